The lowest BCUT2D eigenvalue weighted by atomic mass is 10.1. The van der Waals surface area contributed by atoms with E-state index in [2.05, 4.69) is 15.6 Å². The minimum atomic E-state index is -0.215. The molecule has 0 unspecified atom stereocenters. The van der Waals surface area contributed by atoms with Crippen molar-refractivity contribution in [2.75, 3.05) is 33.7 Å². The summed E-state index contributed by atoms with van der Waals surface area (Å²) in [6.45, 7) is 2.58. The lowest BCUT2D eigenvalue weighted by molar-refractivity contribution is 0.0935. The fourth-order valence-corrected chi connectivity index (χ4v) is 3.42. The highest BCUT2D eigenvalue weighted by molar-refractivity contribution is 5.97. The van der Waals surface area contributed by atoms with Crippen LogP contribution in [0.25, 0.3) is 0 Å². The molecule has 2 amide bonds. The number of nitrogens with zero attached hydrogens (tertiary/aromatic N) is 3. The smallest absolute Gasteiger partial charge is 0.287 e. The summed E-state index contributed by atoms with van der Waals surface area (Å²) in [5, 5.41) is 5.86. The first-order chi connectivity index (χ1) is 13.6. The summed E-state index contributed by atoms with van der Waals surface area (Å²) < 4.78 is 1.92. The summed E-state index contributed by atoms with van der Waals surface area (Å²) in [5.74, 6) is -0.0658. The first kappa shape index (κ1) is 20.1. The van der Waals surface area contributed by atoms with E-state index in [0.29, 0.717) is 24.6 Å². The first-order valence-corrected chi connectivity index (χ1v) is 9.90. The molecule has 2 aromatic rings. The van der Waals surface area contributed by atoms with Crippen LogP contribution in [-0.4, -0.2) is 60.0 Å². The molecule has 1 aliphatic heterocycles. The standard InChI is InChI=1S/C21H29N5O2/c1-25(2)15-13-23-21(28)19-24-18(17-10-6-7-14-26(17)19)20(27)22-12-11-16-8-4-3-5-9-16/h3-5,8-9H,6-7,10-15H2,1-2H3,(H,22,27)(H,23,28). The Bertz CT molecular complexity index is 814. The average Bonchev–Trinajstić information content (AvgIpc) is 3.08. The zero-order chi connectivity index (χ0) is 19.9. The number of hydrogen-bond donors (Lipinski definition) is 2. The molecule has 2 N–H and O–H groups in total. The van der Waals surface area contributed by atoms with E-state index >= 15 is 0 Å². The van der Waals surface area contributed by atoms with E-state index in [1.807, 2.05) is 53.9 Å². The molecule has 0 saturated carbocycles. The first-order valence-electron chi connectivity index (χ1n) is 9.90. The second-order valence-corrected chi connectivity index (χ2v) is 7.39. The third-order valence-electron chi connectivity index (χ3n) is 4.92. The molecule has 2 heterocycles. The number of likely N-dealkylation sites (N-methyl/N-ethyl adjacent to an activating group) is 1. The van der Waals surface area contributed by atoms with E-state index in [1.54, 1.807) is 0 Å². The van der Waals surface area contributed by atoms with Crippen molar-refractivity contribution < 1.29 is 9.59 Å². The molecule has 7 nitrogen and oxygen atoms in total. The van der Waals surface area contributed by atoms with Gasteiger partial charge in [0.05, 0.1) is 5.69 Å². The lowest BCUT2D eigenvalue weighted by Crippen LogP contribution is -2.33. The van der Waals surface area contributed by atoms with Gasteiger partial charge in [-0.25, -0.2) is 4.98 Å². The van der Waals surface area contributed by atoms with Gasteiger partial charge < -0.3 is 20.1 Å². The van der Waals surface area contributed by atoms with Gasteiger partial charge in [0.1, 0.15) is 5.69 Å². The predicted molar refractivity (Wildman–Crippen MR) is 109 cm³/mol. The topological polar surface area (TPSA) is 79.3 Å². The monoisotopic (exact) mass is 383 g/mol. The molecule has 0 bridgehead atoms. The Morgan fingerprint density at radius 2 is 1.82 bits per heavy atom. The Kier molecular flexibility index (Phi) is 6.81. The largest absolute Gasteiger partial charge is 0.350 e. The molecule has 1 aromatic heterocycles. The van der Waals surface area contributed by atoms with E-state index < -0.39 is 0 Å². The van der Waals surface area contributed by atoms with E-state index in [4.69, 9.17) is 0 Å². The number of carbonyl (C=O) groups is 2. The van der Waals surface area contributed by atoms with Crippen LogP contribution < -0.4 is 10.6 Å². The number of benzene rings is 1. The third kappa shape index (κ3) is 4.98. The second kappa shape index (κ2) is 9.50. The molecule has 1 aromatic carbocycles. The Hall–Kier alpha value is -2.67. The summed E-state index contributed by atoms with van der Waals surface area (Å²) in [6, 6.07) is 10.0. The van der Waals surface area contributed by atoms with Crippen molar-refractivity contribution in [1.82, 2.24) is 25.1 Å². The van der Waals surface area contributed by atoms with Crippen molar-refractivity contribution in [3.63, 3.8) is 0 Å². The summed E-state index contributed by atoms with van der Waals surface area (Å²) in [4.78, 5) is 31.8. The van der Waals surface area contributed by atoms with Gasteiger partial charge in [-0.3, -0.25) is 9.59 Å². The van der Waals surface area contributed by atoms with E-state index in [1.165, 1.54) is 5.56 Å². The van der Waals surface area contributed by atoms with Crippen LogP contribution in [0.3, 0.4) is 0 Å². The Labute approximate surface area is 166 Å². The molecule has 0 radical (unpaired) electrons. The molecule has 3 rings (SSSR count). The highest BCUT2D eigenvalue weighted by Crippen LogP contribution is 2.21. The summed E-state index contributed by atoms with van der Waals surface area (Å²) >= 11 is 0. The average molecular weight is 383 g/mol. The summed E-state index contributed by atoms with van der Waals surface area (Å²) in [5.41, 5.74) is 2.45. The van der Waals surface area contributed by atoms with Crippen LogP contribution in [0.15, 0.2) is 30.3 Å². The number of nitrogens with one attached hydrogen (secondary N) is 2. The molecule has 0 fully saturated rings. The van der Waals surface area contributed by atoms with Gasteiger partial charge in [0.15, 0.2) is 5.82 Å². The van der Waals surface area contributed by atoms with Crippen molar-refractivity contribution in [2.24, 2.45) is 0 Å². The SMILES string of the molecule is CN(C)CCNC(=O)c1nc(C(=O)NCCc2ccccc2)c2n1CCCC2. The number of hydrogen-bond acceptors (Lipinski definition) is 4. The molecule has 1 aliphatic rings. The number of amides is 2. The Balaban J connectivity index is 1.67. The van der Waals surface area contributed by atoms with E-state index in [-0.39, 0.29) is 11.8 Å². The van der Waals surface area contributed by atoms with Crippen molar-refractivity contribution in [1.29, 1.82) is 0 Å². The van der Waals surface area contributed by atoms with Gasteiger partial charge in [0, 0.05) is 26.2 Å². The minimum Gasteiger partial charge on any atom is -0.350 e. The van der Waals surface area contributed by atoms with Crippen molar-refractivity contribution in [2.45, 2.75) is 32.2 Å². The van der Waals surface area contributed by atoms with Gasteiger partial charge in [-0.2, -0.15) is 0 Å². The third-order valence-corrected chi connectivity index (χ3v) is 4.92. The highest BCUT2D eigenvalue weighted by atomic mass is 16.2. The fraction of sp³-hybridized carbons (Fsp3) is 0.476. The quantitative estimate of drug-likeness (QED) is 0.724. The van der Waals surface area contributed by atoms with Gasteiger partial charge in [-0.05, 0) is 45.3 Å². The normalized spacial score (nSPS) is 13.2. The summed E-state index contributed by atoms with van der Waals surface area (Å²) in [7, 11) is 3.92. The van der Waals surface area contributed by atoms with Crippen LogP contribution in [0, 0.1) is 0 Å². The number of rotatable bonds is 8. The van der Waals surface area contributed by atoms with Gasteiger partial charge >= 0.3 is 0 Å². The molecule has 28 heavy (non-hydrogen) atoms. The highest BCUT2D eigenvalue weighted by Gasteiger charge is 2.27. The zero-order valence-corrected chi connectivity index (χ0v) is 16.7. The fourth-order valence-electron chi connectivity index (χ4n) is 3.42. The second-order valence-electron chi connectivity index (χ2n) is 7.39. The minimum absolute atomic E-state index is 0.200. The van der Waals surface area contributed by atoms with Crippen molar-refractivity contribution >= 4 is 11.8 Å². The van der Waals surface area contributed by atoms with Crippen LogP contribution in [0.4, 0.5) is 0 Å². The molecular formula is C21H29N5O2. The maximum atomic E-state index is 12.7. The number of aromatic nitrogens is 2. The predicted octanol–water partition coefficient (Wildman–Crippen LogP) is 1.48. The maximum Gasteiger partial charge on any atom is 0.287 e. The maximum absolute atomic E-state index is 12.7. The van der Waals surface area contributed by atoms with Crippen LogP contribution in [0.1, 0.15) is 45.2 Å². The van der Waals surface area contributed by atoms with Crippen LogP contribution in [0.2, 0.25) is 0 Å². The molecular weight excluding hydrogens is 354 g/mol. The van der Waals surface area contributed by atoms with Gasteiger partial charge in [-0.1, -0.05) is 30.3 Å². The number of carbonyl (C=O) groups excluding carboxylic acids is 2. The van der Waals surface area contributed by atoms with Crippen molar-refractivity contribution in [3.8, 4) is 0 Å². The molecule has 0 aliphatic carbocycles. The van der Waals surface area contributed by atoms with Gasteiger partial charge in [-0.15, -0.1) is 0 Å². The Morgan fingerprint density at radius 3 is 2.57 bits per heavy atom. The van der Waals surface area contributed by atoms with Crippen molar-refractivity contribution in [3.05, 3.63) is 53.1 Å². The Morgan fingerprint density at radius 1 is 1.07 bits per heavy atom. The van der Waals surface area contributed by atoms with Gasteiger partial charge in [0.25, 0.3) is 11.8 Å². The summed E-state index contributed by atoms with van der Waals surface area (Å²) in [6.07, 6.45) is 3.55. The van der Waals surface area contributed by atoms with Gasteiger partial charge in [0.2, 0.25) is 0 Å². The number of fused-ring (bicyclic) bond motifs is 1. The van der Waals surface area contributed by atoms with Crippen LogP contribution >= 0.6 is 0 Å². The molecule has 0 saturated heterocycles. The molecule has 7 heteroatoms. The van der Waals surface area contributed by atoms with E-state index in [9.17, 15) is 9.59 Å². The van der Waals surface area contributed by atoms with E-state index in [0.717, 1.165) is 44.5 Å². The molecule has 0 atom stereocenters. The van der Waals surface area contributed by atoms with Crippen LogP contribution in [-0.2, 0) is 19.4 Å². The molecule has 150 valence electrons. The number of imidazole rings is 1. The zero-order valence-electron chi connectivity index (χ0n) is 16.7. The lowest BCUT2D eigenvalue weighted by Gasteiger charge is -2.17. The molecule has 0 spiro atoms. The van der Waals surface area contributed by atoms with Crippen LogP contribution in [0.5, 0.6) is 0 Å².